The SMILES string of the molecule is C=CC1CC1P(O)OCOC(=O)OC(C)C. The summed E-state index contributed by atoms with van der Waals surface area (Å²) in [6.45, 7) is 6.81. The zero-order valence-corrected chi connectivity index (χ0v) is 10.4. The van der Waals surface area contributed by atoms with Crippen LogP contribution in [0.15, 0.2) is 12.7 Å². The molecule has 0 spiro atoms. The predicted molar refractivity (Wildman–Crippen MR) is 59.9 cm³/mol. The van der Waals surface area contributed by atoms with Crippen molar-refractivity contribution < 1.29 is 23.7 Å². The van der Waals surface area contributed by atoms with Crippen LogP contribution in [0.3, 0.4) is 0 Å². The van der Waals surface area contributed by atoms with E-state index >= 15 is 0 Å². The first-order valence-electron chi connectivity index (χ1n) is 5.11. The van der Waals surface area contributed by atoms with Gasteiger partial charge in [-0.1, -0.05) is 6.08 Å². The standard InChI is InChI=1S/C10H17O5P/c1-4-8-5-9(8)16(12)14-6-13-10(11)15-7(2)3/h4,7-9,12H,1,5-6H2,2-3H3. The molecule has 1 aliphatic carbocycles. The molecule has 0 bridgehead atoms. The van der Waals surface area contributed by atoms with E-state index in [4.69, 9.17) is 9.26 Å². The molecule has 1 saturated carbocycles. The van der Waals surface area contributed by atoms with Crippen LogP contribution in [0.25, 0.3) is 0 Å². The van der Waals surface area contributed by atoms with Gasteiger partial charge in [-0.05, 0) is 26.2 Å². The van der Waals surface area contributed by atoms with Crippen LogP contribution in [0.4, 0.5) is 4.79 Å². The van der Waals surface area contributed by atoms with Crippen molar-refractivity contribution in [3.05, 3.63) is 12.7 Å². The summed E-state index contributed by atoms with van der Waals surface area (Å²) in [4.78, 5) is 20.5. The normalized spacial score (nSPS) is 25.0. The molecule has 6 heteroatoms. The maximum absolute atomic E-state index is 10.9. The summed E-state index contributed by atoms with van der Waals surface area (Å²) in [6.07, 6.45) is 1.68. The van der Waals surface area contributed by atoms with Gasteiger partial charge in [0.05, 0.1) is 6.10 Å². The van der Waals surface area contributed by atoms with Crippen LogP contribution in [0.1, 0.15) is 20.3 Å². The van der Waals surface area contributed by atoms with Crippen molar-refractivity contribution in [3.63, 3.8) is 0 Å². The van der Waals surface area contributed by atoms with Crippen LogP contribution >= 0.6 is 8.38 Å². The third-order valence-corrected chi connectivity index (χ3v) is 3.62. The van der Waals surface area contributed by atoms with Gasteiger partial charge >= 0.3 is 6.16 Å². The molecule has 1 rings (SSSR count). The summed E-state index contributed by atoms with van der Waals surface area (Å²) in [7, 11) is -1.53. The Morgan fingerprint density at radius 1 is 1.69 bits per heavy atom. The number of allylic oxidation sites excluding steroid dienone is 1. The number of carbonyl (C=O) groups is 1. The third-order valence-electron chi connectivity index (χ3n) is 2.08. The molecule has 5 nitrogen and oxygen atoms in total. The van der Waals surface area contributed by atoms with Crippen LogP contribution < -0.4 is 0 Å². The monoisotopic (exact) mass is 248 g/mol. The zero-order valence-electron chi connectivity index (χ0n) is 9.46. The number of rotatable bonds is 6. The van der Waals surface area contributed by atoms with Crippen molar-refractivity contribution in [3.8, 4) is 0 Å². The van der Waals surface area contributed by atoms with Crippen LogP contribution in [0.2, 0.25) is 0 Å². The quantitative estimate of drug-likeness (QED) is 0.338. The maximum atomic E-state index is 10.9. The lowest BCUT2D eigenvalue weighted by Crippen LogP contribution is -2.14. The van der Waals surface area contributed by atoms with Gasteiger partial charge in [-0.25, -0.2) is 4.79 Å². The van der Waals surface area contributed by atoms with Crippen LogP contribution in [0.5, 0.6) is 0 Å². The van der Waals surface area contributed by atoms with E-state index in [1.54, 1.807) is 19.9 Å². The van der Waals surface area contributed by atoms with E-state index in [9.17, 15) is 9.69 Å². The smallest absolute Gasteiger partial charge is 0.432 e. The largest absolute Gasteiger partial charge is 0.510 e. The summed E-state index contributed by atoms with van der Waals surface area (Å²) in [5.41, 5.74) is 0.136. The zero-order chi connectivity index (χ0) is 12.1. The highest BCUT2D eigenvalue weighted by Crippen LogP contribution is 2.55. The van der Waals surface area contributed by atoms with Crippen molar-refractivity contribution >= 4 is 14.5 Å². The molecule has 0 amide bonds. The first-order chi connectivity index (χ1) is 7.54. The minimum atomic E-state index is -1.53. The minimum Gasteiger partial charge on any atom is -0.432 e. The van der Waals surface area contributed by atoms with E-state index in [-0.39, 0.29) is 18.6 Å². The van der Waals surface area contributed by atoms with E-state index < -0.39 is 14.5 Å². The van der Waals surface area contributed by atoms with Gasteiger partial charge in [0.2, 0.25) is 6.79 Å². The molecule has 0 heterocycles. The highest BCUT2D eigenvalue weighted by atomic mass is 31.2. The minimum absolute atomic E-state index is 0.136. The fraction of sp³-hybridized carbons (Fsp3) is 0.700. The van der Waals surface area contributed by atoms with Crippen molar-refractivity contribution in [2.75, 3.05) is 6.79 Å². The Kier molecular flexibility index (Phi) is 5.19. The Morgan fingerprint density at radius 2 is 2.38 bits per heavy atom. The molecule has 0 aromatic heterocycles. The lowest BCUT2D eigenvalue weighted by molar-refractivity contribution is -0.00753. The first kappa shape index (κ1) is 13.4. The molecule has 3 unspecified atom stereocenters. The predicted octanol–water partition coefficient (Wildman–Crippen LogP) is 2.40. The fourth-order valence-corrected chi connectivity index (χ4v) is 2.38. The van der Waals surface area contributed by atoms with E-state index in [0.717, 1.165) is 6.42 Å². The Bertz CT molecular complexity index is 256. The molecule has 16 heavy (non-hydrogen) atoms. The molecule has 0 saturated heterocycles. The fourth-order valence-electron chi connectivity index (χ4n) is 1.16. The first-order valence-corrected chi connectivity index (χ1v) is 6.39. The Hall–Kier alpha value is -0.640. The average molecular weight is 248 g/mol. The summed E-state index contributed by atoms with van der Waals surface area (Å²) in [6, 6.07) is 0. The summed E-state index contributed by atoms with van der Waals surface area (Å²) in [5, 5.41) is 0. The average Bonchev–Trinajstić information content (AvgIpc) is 2.95. The second kappa shape index (κ2) is 6.18. The summed E-state index contributed by atoms with van der Waals surface area (Å²) < 4.78 is 14.3. The van der Waals surface area contributed by atoms with Gasteiger partial charge in [-0.15, -0.1) is 6.58 Å². The molecule has 1 aliphatic rings. The summed E-state index contributed by atoms with van der Waals surface area (Å²) >= 11 is 0. The second-order valence-corrected chi connectivity index (χ2v) is 5.34. The van der Waals surface area contributed by atoms with Crippen LogP contribution in [0, 0.1) is 5.92 Å². The molecule has 3 atom stereocenters. The molecule has 0 aromatic rings. The highest BCUT2D eigenvalue weighted by molar-refractivity contribution is 7.47. The van der Waals surface area contributed by atoms with Crippen molar-refractivity contribution in [2.24, 2.45) is 5.92 Å². The number of carbonyl (C=O) groups excluding carboxylic acids is 1. The van der Waals surface area contributed by atoms with E-state index in [2.05, 4.69) is 11.3 Å². The van der Waals surface area contributed by atoms with Gasteiger partial charge in [-0.3, -0.25) is 4.52 Å². The van der Waals surface area contributed by atoms with Crippen LogP contribution in [-0.2, 0) is 14.0 Å². The second-order valence-electron chi connectivity index (χ2n) is 3.81. The molecular weight excluding hydrogens is 231 g/mol. The molecule has 1 fully saturated rings. The van der Waals surface area contributed by atoms with E-state index in [0.29, 0.717) is 5.92 Å². The van der Waals surface area contributed by atoms with Crippen molar-refractivity contribution in [1.29, 1.82) is 0 Å². The van der Waals surface area contributed by atoms with Gasteiger partial charge in [0.1, 0.15) is 0 Å². The van der Waals surface area contributed by atoms with Gasteiger partial charge in [0, 0.05) is 5.66 Å². The van der Waals surface area contributed by atoms with Gasteiger partial charge in [0.25, 0.3) is 0 Å². The Morgan fingerprint density at radius 3 is 2.88 bits per heavy atom. The topological polar surface area (TPSA) is 65.0 Å². The van der Waals surface area contributed by atoms with Gasteiger partial charge in [0.15, 0.2) is 8.38 Å². The molecule has 1 N–H and O–H groups in total. The number of hydrogen-bond acceptors (Lipinski definition) is 5. The van der Waals surface area contributed by atoms with Crippen molar-refractivity contribution in [2.45, 2.75) is 32.0 Å². The van der Waals surface area contributed by atoms with E-state index in [1.807, 2.05) is 0 Å². The van der Waals surface area contributed by atoms with Gasteiger partial charge in [-0.2, -0.15) is 0 Å². The third kappa shape index (κ3) is 4.47. The lowest BCUT2D eigenvalue weighted by atomic mass is 10.4. The molecule has 0 aliphatic heterocycles. The summed E-state index contributed by atoms with van der Waals surface area (Å²) in [5.74, 6) is 0.332. The molecule has 92 valence electrons. The maximum Gasteiger partial charge on any atom is 0.510 e. The van der Waals surface area contributed by atoms with Crippen molar-refractivity contribution in [1.82, 2.24) is 0 Å². The molecule has 0 aromatic carbocycles. The molecular formula is C10H17O5P. The van der Waals surface area contributed by atoms with E-state index in [1.165, 1.54) is 0 Å². The Labute approximate surface area is 96.3 Å². The van der Waals surface area contributed by atoms with Crippen LogP contribution in [-0.4, -0.2) is 29.6 Å². The molecule has 0 radical (unpaired) electrons. The lowest BCUT2D eigenvalue weighted by Gasteiger charge is -2.11. The highest BCUT2D eigenvalue weighted by Gasteiger charge is 2.42. The number of ether oxygens (including phenoxy) is 2. The number of hydrogen-bond donors (Lipinski definition) is 1. The van der Waals surface area contributed by atoms with Gasteiger partial charge < -0.3 is 14.4 Å². The Balaban J connectivity index is 2.07.